The molecule has 0 heterocycles. The molecule has 0 aromatic carbocycles. The topological polar surface area (TPSA) is 61.8 Å². The van der Waals surface area contributed by atoms with Gasteiger partial charge in [-0.15, -0.1) is 0 Å². The van der Waals surface area contributed by atoms with Gasteiger partial charge in [0.2, 0.25) is 0 Å². The molecule has 1 rings (SSSR count). The Kier molecular flexibility index (Phi) is 5.60. The summed E-state index contributed by atoms with van der Waals surface area (Å²) in [6.45, 7) is 6.80. The maximum absolute atomic E-state index is 8.45. The summed E-state index contributed by atoms with van der Waals surface area (Å²) >= 11 is 0. The Labute approximate surface area is 98.5 Å². The number of nitrogens with two attached hydrogens (primary N) is 1. The van der Waals surface area contributed by atoms with Crippen molar-refractivity contribution in [2.45, 2.75) is 52.0 Å². The van der Waals surface area contributed by atoms with Crippen LogP contribution in [0.25, 0.3) is 0 Å². The third-order valence-corrected chi connectivity index (χ3v) is 3.06. The van der Waals surface area contributed by atoms with E-state index in [2.05, 4.69) is 23.9 Å². The van der Waals surface area contributed by atoms with Gasteiger partial charge in [0.1, 0.15) is 5.84 Å². The summed E-state index contributed by atoms with van der Waals surface area (Å²) in [6, 6.07) is 0.811. The largest absolute Gasteiger partial charge is 0.409 e. The van der Waals surface area contributed by atoms with E-state index in [1.807, 2.05) is 0 Å². The van der Waals surface area contributed by atoms with Crippen LogP contribution in [0.15, 0.2) is 5.16 Å². The molecule has 0 unspecified atom stereocenters. The Morgan fingerprint density at radius 2 is 2.12 bits per heavy atom. The zero-order valence-electron chi connectivity index (χ0n) is 10.5. The van der Waals surface area contributed by atoms with Crippen molar-refractivity contribution in [3.8, 4) is 0 Å². The van der Waals surface area contributed by atoms with Crippen molar-refractivity contribution in [1.29, 1.82) is 0 Å². The van der Waals surface area contributed by atoms with Crippen LogP contribution in [-0.4, -0.2) is 35.1 Å². The lowest BCUT2D eigenvalue weighted by Crippen LogP contribution is -2.29. The highest BCUT2D eigenvalue weighted by atomic mass is 16.4. The fourth-order valence-electron chi connectivity index (χ4n) is 1.85. The zero-order valence-corrected chi connectivity index (χ0v) is 10.5. The third kappa shape index (κ3) is 5.35. The second kappa shape index (κ2) is 6.74. The number of amidine groups is 1. The van der Waals surface area contributed by atoms with Crippen molar-refractivity contribution < 1.29 is 5.21 Å². The Bertz CT molecular complexity index is 224. The van der Waals surface area contributed by atoms with Crippen LogP contribution in [0.2, 0.25) is 0 Å². The molecule has 1 saturated carbocycles. The molecule has 4 nitrogen and oxygen atoms in total. The first-order valence-electron chi connectivity index (χ1n) is 6.34. The quantitative estimate of drug-likeness (QED) is 0.289. The molecule has 4 heteroatoms. The number of hydrogen-bond donors (Lipinski definition) is 2. The summed E-state index contributed by atoms with van der Waals surface area (Å²) in [7, 11) is 0. The fourth-order valence-corrected chi connectivity index (χ4v) is 1.85. The lowest BCUT2D eigenvalue weighted by molar-refractivity contribution is 0.245. The fraction of sp³-hybridized carbons (Fsp3) is 0.917. The molecule has 0 bridgehead atoms. The monoisotopic (exact) mass is 227 g/mol. The van der Waals surface area contributed by atoms with Gasteiger partial charge in [-0.25, -0.2) is 0 Å². The average molecular weight is 227 g/mol. The SMILES string of the molecule is CC(C)CCN(CCCC(N)=NO)C1CC1. The van der Waals surface area contributed by atoms with Gasteiger partial charge < -0.3 is 15.8 Å². The molecule has 0 amide bonds. The Hall–Kier alpha value is -0.770. The van der Waals surface area contributed by atoms with E-state index in [1.54, 1.807) is 0 Å². The minimum Gasteiger partial charge on any atom is -0.409 e. The van der Waals surface area contributed by atoms with Crippen LogP contribution in [0.5, 0.6) is 0 Å². The second-order valence-corrected chi connectivity index (χ2v) is 5.14. The van der Waals surface area contributed by atoms with Gasteiger partial charge in [-0.2, -0.15) is 0 Å². The van der Waals surface area contributed by atoms with Gasteiger partial charge in [0.25, 0.3) is 0 Å². The highest BCUT2D eigenvalue weighted by Gasteiger charge is 2.28. The number of nitrogens with zero attached hydrogens (tertiary/aromatic N) is 2. The summed E-state index contributed by atoms with van der Waals surface area (Å²) in [5.41, 5.74) is 5.45. The molecule has 0 aromatic rings. The summed E-state index contributed by atoms with van der Waals surface area (Å²) in [4.78, 5) is 2.56. The maximum Gasteiger partial charge on any atom is 0.139 e. The van der Waals surface area contributed by atoms with Crippen molar-refractivity contribution in [2.75, 3.05) is 13.1 Å². The van der Waals surface area contributed by atoms with E-state index in [9.17, 15) is 0 Å². The number of rotatable bonds is 8. The first-order chi connectivity index (χ1) is 7.63. The van der Waals surface area contributed by atoms with Gasteiger partial charge in [0.05, 0.1) is 0 Å². The molecular weight excluding hydrogens is 202 g/mol. The minimum atomic E-state index is 0.347. The predicted octanol–water partition coefficient (Wildman–Crippen LogP) is 2.02. The third-order valence-electron chi connectivity index (χ3n) is 3.06. The summed E-state index contributed by atoms with van der Waals surface area (Å²) < 4.78 is 0. The van der Waals surface area contributed by atoms with E-state index in [-0.39, 0.29) is 0 Å². The van der Waals surface area contributed by atoms with Crippen molar-refractivity contribution in [1.82, 2.24) is 4.90 Å². The van der Waals surface area contributed by atoms with Crippen molar-refractivity contribution in [2.24, 2.45) is 16.8 Å². The summed E-state index contributed by atoms with van der Waals surface area (Å²) in [5.74, 6) is 1.12. The molecule has 0 aromatic heterocycles. The highest BCUT2D eigenvalue weighted by Crippen LogP contribution is 2.27. The summed E-state index contributed by atoms with van der Waals surface area (Å²) in [5, 5.41) is 11.4. The highest BCUT2D eigenvalue weighted by molar-refractivity contribution is 5.79. The van der Waals surface area contributed by atoms with Crippen molar-refractivity contribution in [3.05, 3.63) is 0 Å². The lowest BCUT2D eigenvalue weighted by atomic mass is 10.1. The van der Waals surface area contributed by atoms with Gasteiger partial charge in [-0.05, 0) is 44.7 Å². The van der Waals surface area contributed by atoms with Crippen LogP contribution in [-0.2, 0) is 0 Å². The van der Waals surface area contributed by atoms with Crippen molar-refractivity contribution >= 4 is 5.84 Å². The first-order valence-corrected chi connectivity index (χ1v) is 6.34. The van der Waals surface area contributed by atoms with Crippen LogP contribution < -0.4 is 5.73 Å². The number of hydrogen-bond acceptors (Lipinski definition) is 3. The van der Waals surface area contributed by atoms with E-state index in [4.69, 9.17) is 10.9 Å². The molecule has 1 aliphatic rings. The van der Waals surface area contributed by atoms with Crippen LogP contribution in [0, 0.1) is 5.92 Å². The predicted molar refractivity (Wildman–Crippen MR) is 66.7 cm³/mol. The Balaban J connectivity index is 2.18. The maximum atomic E-state index is 8.45. The Morgan fingerprint density at radius 1 is 1.44 bits per heavy atom. The van der Waals surface area contributed by atoms with Gasteiger partial charge in [-0.1, -0.05) is 19.0 Å². The molecule has 1 aliphatic carbocycles. The van der Waals surface area contributed by atoms with Gasteiger partial charge in [0, 0.05) is 12.5 Å². The molecule has 0 spiro atoms. The first kappa shape index (κ1) is 13.3. The van der Waals surface area contributed by atoms with Crippen LogP contribution in [0.4, 0.5) is 0 Å². The molecule has 0 aliphatic heterocycles. The van der Waals surface area contributed by atoms with Gasteiger partial charge in [-0.3, -0.25) is 0 Å². The summed E-state index contributed by atoms with van der Waals surface area (Å²) in [6.07, 6.45) is 5.65. The van der Waals surface area contributed by atoms with E-state index < -0.39 is 0 Å². The second-order valence-electron chi connectivity index (χ2n) is 5.14. The van der Waals surface area contributed by atoms with Gasteiger partial charge >= 0.3 is 0 Å². The van der Waals surface area contributed by atoms with E-state index >= 15 is 0 Å². The van der Waals surface area contributed by atoms with E-state index in [0.717, 1.165) is 24.9 Å². The smallest absolute Gasteiger partial charge is 0.139 e. The zero-order chi connectivity index (χ0) is 12.0. The molecule has 1 fully saturated rings. The standard InChI is InChI=1S/C12H25N3O/c1-10(2)7-9-15(11-5-6-11)8-3-4-12(13)14-16/h10-11,16H,3-9H2,1-2H3,(H2,13,14). The number of oxime groups is 1. The van der Waals surface area contributed by atoms with E-state index in [1.165, 1.54) is 25.8 Å². The lowest BCUT2D eigenvalue weighted by Gasteiger charge is -2.22. The van der Waals surface area contributed by atoms with Gasteiger partial charge in [0.15, 0.2) is 0 Å². The van der Waals surface area contributed by atoms with E-state index in [0.29, 0.717) is 12.3 Å². The van der Waals surface area contributed by atoms with Crippen LogP contribution >= 0.6 is 0 Å². The van der Waals surface area contributed by atoms with Crippen LogP contribution in [0.3, 0.4) is 0 Å². The molecule has 0 radical (unpaired) electrons. The molecule has 3 N–H and O–H groups in total. The molecule has 0 atom stereocenters. The van der Waals surface area contributed by atoms with Crippen LogP contribution in [0.1, 0.15) is 46.0 Å². The normalized spacial score (nSPS) is 17.4. The molecule has 0 saturated heterocycles. The molecular formula is C12H25N3O. The Morgan fingerprint density at radius 3 is 2.62 bits per heavy atom. The average Bonchev–Trinajstić information content (AvgIpc) is 3.06. The molecule has 94 valence electrons. The minimum absolute atomic E-state index is 0.347. The molecule has 16 heavy (non-hydrogen) atoms. The van der Waals surface area contributed by atoms with Crippen molar-refractivity contribution in [3.63, 3.8) is 0 Å².